The van der Waals surface area contributed by atoms with Gasteiger partial charge in [-0.25, -0.2) is 0 Å². The second-order valence-electron chi connectivity index (χ2n) is 2.80. The van der Waals surface area contributed by atoms with Gasteiger partial charge in [-0.05, 0) is 18.6 Å². The number of ether oxygens (including phenoxy) is 1. The largest absolute Gasteiger partial charge is 0.508 e. The van der Waals surface area contributed by atoms with Gasteiger partial charge in [-0.15, -0.1) is 0 Å². The molecule has 0 atom stereocenters. The minimum absolute atomic E-state index is 0.0326. The Kier molecular flexibility index (Phi) is 3.94. The lowest BCUT2D eigenvalue weighted by Crippen LogP contribution is -2.08. The molecule has 0 saturated heterocycles. The van der Waals surface area contributed by atoms with E-state index in [0.29, 0.717) is 12.2 Å². The van der Waals surface area contributed by atoms with E-state index < -0.39 is 5.97 Å². The standard InChI is InChI=1S/C10H12O4/c11-6-2-5-10(13)14-9-4-1-3-8(12)7-9/h1,3-4,7,11-12H,2,5-6H2. The molecule has 0 radical (unpaired) electrons. The fraction of sp³-hybridized carbons (Fsp3) is 0.300. The first-order valence-corrected chi connectivity index (χ1v) is 4.33. The number of hydrogen-bond donors (Lipinski definition) is 2. The van der Waals surface area contributed by atoms with Crippen molar-refractivity contribution in [3.63, 3.8) is 0 Å². The summed E-state index contributed by atoms with van der Waals surface area (Å²) >= 11 is 0. The van der Waals surface area contributed by atoms with E-state index in [1.165, 1.54) is 12.1 Å². The van der Waals surface area contributed by atoms with Crippen LogP contribution in [0.15, 0.2) is 24.3 Å². The first-order chi connectivity index (χ1) is 6.72. The molecule has 4 nitrogen and oxygen atoms in total. The van der Waals surface area contributed by atoms with E-state index >= 15 is 0 Å². The Morgan fingerprint density at radius 2 is 2.21 bits per heavy atom. The fourth-order valence-corrected chi connectivity index (χ4v) is 0.953. The van der Waals surface area contributed by atoms with Crippen LogP contribution in [-0.4, -0.2) is 22.8 Å². The molecule has 0 heterocycles. The number of hydrogen-bond acceptors (Lipinski definition) is 4. The zero-order valence-corrected chi connectivity index (χ0v) is 7.64. The van der Waals surface area contributed by atoms with Gasteiger partial charge < -0.3 is 14.9 Å². The number of aliphatic hydroxyl groups is 1. The maximum atomic E-state index is 11.1. The Morgan fingerprint density at radius 3 is 2.86 bits per heavy atom. The van der Waals surface area contributed by atoms with Gasteiger partial charge in [0.2, 0.25) is 0 Å². The summed E-state index contributed by atoms with van der Waals surface area (Å²) in [6.45, 7) is -0.0326. The highest BCUT2D eigenvalue weighted by molar-refractivity contribution is 5.72. The molecule has 0 aliphatic rings. The van der Waals surface area contributed by atoms with Gasteiger partial charge >= 0.3 is 5.97 Å². The van der Waals surface area contributed by atoms with Gasteiger partial charge in [-0.1, -0.05) is 6.07 Å². The number of benzene rings is 1. The van der Waals surface area contributed by atoms with Crippen LogP contribution in [0.3, 0.4) is 0 Å². The molecular weight excluding hydrogens is 184 g/mol. The van der Waals surface area contributed by atoms with E-state index in [9.17, 15) is 4.79 Å². The van der Waals surface area contributed by atoms with Crippen molar-refractivity contribution in [2.45, 2.75) is 12.8 Å². The zero-order valence-electron chi connectivity index (χ0n) is 7.64. The summed E-state index contributed by atoms with van der Waals surface area (Å²) in [5, 5.41) is 17.5. The minimum atomic E-state index is -0.412. The number of esters is 1. The molecule has 0 aromatic heterocycles. The van der Waals surface area contributed by atoms with Crippen LogP contribution in [0.5, 0.6) is 11.5 Å². The van der Waals surface area contributed by atoms with Crippen LogP contribution >= 0.6 is 0 Å². The molecule has 76 valence electrons. The van der Waals surface area contributed by atoms with Crippen molar-refractivity contribution in [1.82, 2.24) is 0 Å². The van der Waals surface area contributed by atoms with Crippen molar-refractivity contribution >= 4 is 5.97 Å². The maximum Gasteiger partial charge on any atom is 0.311 e. The van der Waals surface area contributed by atoms with Crippen molar-refractivity contribution in [3.05, 3.63) is 24.3 Å². The second-order valence-corrected chi connectivity index (χ2v) is 2.80. The minimum Gasteiger partial charge on any atom is -0.508 e. The second kappa shape index (κ2) is 5.24. The van der Waals surface area contributed by atoms with E-state index in [2.05, 4.69) is 0 Å². The normalized spacial score (nSPS) is 9.79. The summed E-state index contributed by atoms with van der Waals surface area (Å²) in [5.41, 5.74) is 0. The number of carbonyl (C=O) groups is 1. The molecular formula is C10H12O4. The van der Waals surface area contributed by atoms with Crippen LogP contribution in [0.4, 0.5) is 0 Å². The van der Waals surface area contributed by atoms with Gasteiger partial charge in [-0.3, -0.25) is 4.79 Å². The average molecular weight is 196 g/mol. The topological polar surface area (TPSA) is 66.8 Å². The lowest BCUT2D eigenvalue weighted by molar-refractivity contribution is -0.134. The van der Waals surface area contributed by atoms with Crippen LogP contribution in [0.1, 0.15) is 12.8 Å². The van der Waals surface area contributed by atoms with E-state index in [0.717, 1.165) is 0 Å². The lowest BCUT2D eigenvalue weighted by atomic mass is 10.3. The number of phenolic OH excluding ortho intramolecular Hbond substituents is 1. The molecule has 0 spiro atoms. The summed E-state index contributed by atoms with van der Waals surface area (Å²) in [6, 6.07) is 6.02. The van der Waals surface area contributed by atoms with Crippen LogP contribution in [-0.2, 0) is 4.79 Å². The van der Waals surface area contributed by atoms with Gasteiger partial charge in [0.25, 0.3) is 0 Å². The SMILES string of the molecule is O=C(CCCO)Oc1cccc(O)c1. The molecule has 0 unspecified atom stereocenters. The van der Waals surface area contributed by atoms with Gasteiger partial charge in [0, 0.05) is 19.1 Å². The summed E-state index contributed by atoms with van der Waals surface area (Å²) in [5.74, 6) is -0.0463. The van der Waals surface area contributed by atoms with Crippen LogP contribution in [0.2, 0.25) is 0 Å². The lowest BCUT2D eigenvalue weighted by Gasteiger charge is -2.03. The number of aliphatic hydroxyl groups excluding tert-OH is 1. The fourth-order valence-electron chi connectivity index (χ4n) is 0.953. The molecule has 1 aromatic rings. The van der Waals surface area contributed by atoms with E-state index in [4.69, 9.17) is 14.9 Å². The average Bonchev–Trinajstić information content (AvgIpc) is 2.15. The van der Waals surface area contributed by atoms with Crippen molar-refractivity contribution < 1.29 is 19.7 Å². The van der Waals surface area contributed by atoms with Crippen molar-refractivity contribution in [3.8, 4) is 11.5 Å². The molecule has 0 amide bonds. The smallest absolute Gasteiger partial charge is 0.311 e. The van der Waals surface area contributed by atoms with E-state index in [-0.39, 0.29) is 18.8 Å². The Balaban J connectivity index is 2.47. The maximum absolute atomic E-state index is 11.1. The Hall–Kier alpha value is -1.55. The first-order valence-electron chi connectivity index (χ1n) is 4.33. The van der Waals surface area contributed by atoms with Crippen molar-refractivity contribution in [1.29, 1.82) is 0 Å². The zero-order chi connectivity index (χ0) is 10.4. The third-order valence-electron chi connectivity index (χ3n) is 1.59. The molecule has 0 aliphatic carbocycles. The summed E-state index contributed by atoms with van der Waals surface area (Å²) in [4.78, 5) is 11.1. The van der Waals surface area contributed by atoms with Crippen LogP contribution in [0, 0.1) is 0 Å². The van der Waals surface area contributed by atoms with Crippen molar-refractivity contribution in [2.24, 2.45) is 0 Å². The Labute approximate surface area is 81.8 Å². The van der Waals surface area contributed by atoms with Crippen LogP contribution < -0.4 is 4.74 Å². The quantitative estimate of drug-likeness (QED) is 0.558. The Bertz CT molecular complexity index is 309. The van der Waals surface area contributed by atoms with Gasteiger partial charge in [0.15, 0.2) is 0 Å². The molecule has 1 aromatic carbocycles. The first kappa shape index (κ1) is 10.5. The third-order valence-corrected chi connectivity index (χ3v) is 1.59. The third kappa shape index (κ3) is 3.45. The molecule has 0 fully saturated rings. The van der Waals surface area contributed by atoms with Gasteiger partial charge in [0.1, 0.15) is 11.5 Å². The number of rotatable bonds is 4. The van der Waals surface area contributed by atoms with E-state index in [1.54, 1.807) is 12.1 Å². The predicted molar refractivity (Wildman–Crippen MR) is 50.1 cm³/mol. The molecule has 0 bridgehead atoms. The highest BCUT2D eigenvalue weighted by Gasteiger charge is 2.04. The Morgan fingerprint density at radius 1 is 1.43 bits per heavy atom. The highest BCUT2D eigenvalue weighted by atomic mass is 16.5. The number of aromatic hydroxyl groups is 1. The molecule has 0 aliphatic heterocycles. The number of carbonyl (C=O) groups excluding carboxylic acids is 1. The van der Waals surface area contributed by atoms with Gasteiger partial charge in [-0.2, -0.15) is 0 Å². The van der Waals surface area contributed by atoms with Gasteiger partial charge in [0.05, 0.1) is 0 Å². The molecule has 2 N–H and O–H groups in total. The van der Waals surface area contributed by atoms with Crippen LogP contribution in [0.25, 0.3) is 0 Å². The molecule has 14 heavy (non-hydrogen) atoms. The monoisotopic (exact) mass is 196 g/mol. The number of phenols is 1. The van der Waals surface area contributed by atoms with E-state index in [1.807, 2.05) is 0 Å². The molecule has 1 rings (SSSR count). The predicted octanol–water partition coefficient (Wildman–Crippen LogP) is 1.07. The molecule has 4 heteroatoms. The summed E-state index contributed by atoms with van der Waals surface area (Å²) < 4.78 is 4.89. The summed E-state index contributed by atoms with van der Waals surface area (Å²) in [6.07, 6.45) is 0.559. The summed E-state index contributed by atoms with van der Waals surface area (Å²) in [7, 11) is 0. The molecule has 0 saturated carbocycles. The van der Waals surface area contributed by atoms with Crippen molar-refractivity contribution in [2.75, 3.05) is 6.61 Å². The highest BCUT2D eigenvalue weighted by Crippen LogP contribution is 2.18.